The number of alkyl halides is 6. The summed E-state index contributed by atoms with van der Waals surface area (Å²) < 4.78 is 83.0. The van der Waals surface area contributed by atoms with E-state index in [2.05, 4.69) is 77.0 Å². The highest BCUT2D eigenvalue weighted by Gasteiger charge is 2.42. The molecule has 5 rings (SSSR count). The monoisotopic (exact) mass is 844 g/mol. The zero-order chi connectivity index (χ0) is 44.9. The number of morpholine rings is 1. The summed E-state index contributed by atoms with van der Waals surface area (Å²) in [6, 6.07) is 0. The number of likely N-dealkylation sites (tertiary alicyclic amines) is 4. The van der Waals surface area contributed by atoms with Gasteiger partial charge in [-0.25, -0.2) is 26.3 Å². The molecule has 5 heterocycles. The van der Waals surface area contributed by atoms with Gasteiger partial charge >= 0.3 is 0 Å². The van der Waals surface area contributed by atoms with Gasteiger partial charge in [0.25, 0.3) is 11.8 Å². The number of ether oxygens (including phenoxy) is 1. The second kappa shape index (κ2) is 23.1. The number of nitrogens with zero attached hydrogens (tertiary/aromatic N) is 5. The molecule has 0 atom stereocenters. The van der Waals surface area contributed by atoms with Gasteiger partial charge in [0.05, 0.1) is 26.3 Å². The van der Waals surface area contributed by atoms with Gasteiger partial charge in [0.1, 0.15) is 0 Å². The van der Waals surface area contributed by atoms with Crippen LogP contribution >= 0.6 is 0 Å². The van der Waals surface area contributed by atoms with Crippen LogP contribution in [0.5, 0.6) is 0 Å². The summed E-state index contributed by atoms with van der Waals surface area (Å²) in [5.41, 5.74) is 0.502. The predicted molar refractivity (Wildman–Crippen MR) is 233 cm³/mol. The van der Waals surface area contributed by atoms with E-state index in [4.69, 9.17) is 4.74 Å². The first kappa shape index (κ1) is 55.4. The minimum Gasteiger partial charge on any atom is -0.379 e. The van der Waals surface area contributed by atoms with Crippen molar-refractivity contribution in [1.82, 2.24) is 24.5 Å². The molecule has 5 aliphatic rings. The molecule has 0 bridgehead atoms. The van der Waals surface area contributed by atoms with Gasteiger partial charge in [-0.2, -0.15) is 0 Å². The summed E-state index contributed by atoms with van der Waals surface area (Å²) in [4.78, 5) is 10.9. The van der Waals surface area contributed by atoms with Gasteiger partial charge in [-0.05, 0) is 162 Å². The predicted octanol–water partition coefficient (Wildman–Crippen LogP) is 11.7. The molecule has 5 saturated heterocycles. The van der Waals surface area contributed by atoms with Crippen molar-refractivity contribution in [2.75, 3.05) is 78.7 Å². The fraction of sp³-hybridized carbons (Fsp3) is 1.00. The van der Waals surface area contributed by atoms with Crippen LogP contribution in [0.3, 0.4) is 0 Å². The van der Waals surface area contributed by atoms with E-state index in [9.17, 15) is 26.3 Å². The van der Waals surface area contributed by atoms with Crippen LogP contribution in [0.4, 0.5) is 26.3 Å². The molecule has 58 heavy (non-hydrogen) atoms. The maximum atomic E-state index is 13.2. The Labute approximate surface area is 353 Å². The molecule has 12 heteroatoms. The molecule has 0 aromatic carbocycles. The Morgan fingerprint density at radius 2 is 0.603 bits per heavy atom. The van der Waals surface area contributed by atoms with Gasteiger partial charge in [0.2, 0.25) is 5.92 Å². The van der Waals surface area contributed by atoms with Gasteiger partial charge in [-0.1, -0.05) is 12.8 Å². The molecular weight excluding hydrogens is 753 g/mol. The van der Waals surface area contributed by atoms with Gasteiger partial charge in [0.15, 0.2) is 0 Å². The third-order valence-electron chi connectivity index (χ3n) is 11.9. The van der Waals surface area contributed by atoms with Crippen molar-refractivity contribution in [2.24, 2.45) is 0 Å². The Kier molecular flexibility index (Phi) is 22.1. The van der Waals surface area contributed by atoms with Crippen LogP contribution < -0.4 is 0 Å². The molecule has 0 aliphatic carbocycles. The molecular formula is C46H91F6N5O. The summed E-state index contributed by atoms with van der Waals surface area (Å²) in [5, 5.41) is 0. The smallest absolute Gasteiger partial charge is 0.261 e. The van der Waals surface area contributed by atoms with Crippen molar-refractivity contribution in [3.63, 3.8) is 0 Å². The topological polar surface area (TPSA) is 25.4 Å². The fourth-order valence-electron chi connectivity index (χ4n) is 7.72. The van der Waals surface area contributed by atoms with Crippen LogP contribution in [-0.2, 0) is 4.74 Å². The quantitative estimate of drug-likeness (QED) is 0.225. The molecule has 0 aromatic rings. The zero-order valence-corrected chi connectivity index (χ0v) is 40.2. The Morgan fingerprint density at radius 3 is 0.983 bits per heavy atom. The Morgan fingerprint density at radius 1 is 0.310 bits per heavy atom. The van der Waals surface area contributed by atoms with Gasteiger partial charge in [-0.3, -0.25) is 24.5 Å². The van der Waals surface area contributed by atoms with Crippen LogP contribution in [0.1, 0.15) is 174 Å². The zero-order valence-electron chi connectivity index (χ0n) is 40.2. The lowest BCUT2D eigenvalue weighted by atomic mass is 10.1. The van der Waals surface area contributed by atoms with Gasteiger partial charge in [0, 0.05) is 79.6 Å². The summed E-state index contributed by atoms with van der Waals surface area (Å²) >= 11 is 0. The van der Waals surface area contributed by atoms with Crippen molar-refractivity contribution in [2.45, 2.75) is 220 Å². The van der Waals surface area contributed by atoms with Crippen molar-refractivity contribution in [1.29, 1.82) is 0 Å². The molecule has 0 amide bonds. The van der Waals surface area contributed by atoms with E-state index in [-0.39, 0.29) is 55.4 Å². The third-order valence-corrected chi connectivity index (χ3v) is 11.9. The third kappa shape index (κ3) is 23.5. The summed E-state index contributed by atoms with van der Waals surface area (Å²) in [6.07, 6.45) is 7.98. The maximum absolute atomic E-state index is 13.2. The maximum Gasteiger partial charge on any atom is 0.261 e. The second-order valence-corrected chi connectivity index (χ2v) is 22.3. The van der Waals surface area contributed by atoms with Crippen LogP contribution in [0, 0.1) is 0 Å². The van der Waals surface area contributed by atoms with Gasteiger partial charge in [-0.15, -0.1) is 0 Å². The second-order valence-electron chi connectivity index (χ2n) is 22.3. The lowest BCUT2D eigenvalue weighted by Gasteiger charge is -2.38. The standard InChI is InChI=1S/2C10H19F2N.C10H21N.C8H15F2N.C8H17NO/c1-9(2,3)13-7-4-5-10(11,12)6-8-13;1-9(2,3)13-7-5-4-6-10(11,12)8-13;1-10(2,3)11-8-6-4-5-7-9-11;1-7(2,3)11-5-4-8(9,10)6-11;1-8(2,3)9-4-6-10-7-5-9/h2*4-8H2,1-3H3;4-9H2,1-3H3;4-6H2,1-3H3;4-7H2,1-3H3. The van der Waals surface area contributed by atoms with E-state index in [0.29, 0.717) is 37.0 Å². The number of rotatable bonds is 0. The minimum absolute atomic E-state index is 0.0181. The number of halogens is 6. The molecule has 0 unspecified atom stereocenters. The van der Waals surface area contributed by atoms with Crippen LogP contribution in [0.2, 0.25) is 0 Å². The first-order valence-corrected chi connectivity index (χ1v) is 22.6. The van der Waals surface area contributed by atoms with E-state index < -0.39 is 17.8 Å². The normalized spacial score (nSPS) is 24.8. The van der Waals surface area contributed by atoms with Gasteiger partial charge < -0.3 is 4.74 Å². The minimum atomic E-state index is -2.48. The average Bonchev–Trinajstić information content (AvgIpc) is 3.29. The summed E-state index contributed by atoms with van der Waals surface area (Å²) in [7, 11) is 0. The lowest BCUT2D eigenvalue weighted by Crippen LogP contribution is -2.47. The highest BCUT2D eigenvalue weighted by molar-refractivity contribution is 4.89. The van der Waals surface area contributed by atoms with Crippen molar-refractivity contribution < 1.29 is 31.1 Å². The van der Waals surface area contributed by atoms with Crippen LogP contribution in [-0.4, -0.2) is 149 Å². The molecule has 6 nitrogen and oxygen atoms in total. The van der Waals surface area contributed by atoms with E-state index >= 15 is 0 Å². The van der Waals surface area contributed by atoms with E-state index in [1.165, 1.54) is 38.8 Å². The highest BCUT2D eigenvalue weighted by atomic mass is 19.3. The molecule has 0 aromatic heterocycles. The first-order valence-electron chi connectivity index (χ1n) is 22.6. The Hall–Kier alpha value is -0.660. The fourth-order valence-corrected chi connectivity index (χ4v) is 7.72. The van der Waals surface area contributed by atoms with E-state index in [1.807, 2.05) is 51.3 Å². The molecule has 348 valence electrons. The summed E-state index contributed by atoms with van der Waals surface area (Å²) in [5.74, 6) is -7.36. The van der Waals surface area contributed by atoms with Crippen molar-refractivity contribution in [3.8, 4) is 0 Å². The molecule has 0 spiro atoms. The Balaban J connectivity index is 0.000000364. The van der Waals surface area contributed by atoms with Crippen LogP contribution in [0.25, 0.3) is 0 Å². The molecule has 5 fully saturated rings. The average molecular weight is 844 g/mol. The SMILES string of the molecule is CC(C)(C)N1CCC(F)(F)C1.CC(C)(C)N1CCCC(F)(F)CC1.CC(C)(C)N1CCCCC(F)(F)C1.CC(C)(C)N1CCCCCC1.CC(C)(C)N1CCOCC1. The molecule has 0 saturated carbocycles. The largest absolute Gasteiger partial charge is 0.379 e. The lowest BCUT2D eigenvalue weighted by molar-refractivity contribution is -0.0480. The van der Waals surface area contributed by atoms with E-state index in [1.54, 1.807) is 0 Å². The molecule has 5 aliphatic heterocycles. The number of hydrogen-bond acceptors (Lipinski definition) is 6. The first-order chi connectivity index (χ1) is 26.1. The Bertz CT molecular complexity index is 1090. The molecule has 0 N–H and O–H groups in total. The summed E-state index contributed by atoms with van der Waals surface area (Å²) in [6.45, 7) is 40.9. The van der Waals surface area contributed by atoms with E-state index in [0.717, 1.165) is 45.8 Å². The van der Waals surface area contributed by atoms with Crippen molar-refractivity contribution in [3.05, 3.63) is 0 Å². The number of hydrogen-bond donors (Lipinski definition) is 0. The van der Waals surface area contributed by atoms with Crippen molar-refractivity contribution >= 4 is 0 Å². The van der Waals surface area contributed by atoms with Crippen LogP contribution in [0.15, 0.2) is 0 Å². The highest BCUT2D eigenvalue weighted by Crippen LogP contribution is 2.32. The molecule has 0 radical (unpaired) electrons.